The Morgan fingerprint density at radius 1 is 1.22 bits per heavy atom. The third kappa shape index (κ3) is 6.42. The average Bonchev–Trinajstić information content (AvgIpc) is 2.61. The fourth-order valence-electron chi connectivity index (χ4n) is 2.93. The number of sulfonamides is 2. The molecule has 2 rings (SSSR count). The molecule has 0 spiro atoms. The number of anilines is 1. The summed E-state index contributed by atoms with van der Waals surface area (Å²) in [4.78, 5) is 12.5. The van der Waals surface area contributed by atoms with E-state index in [4.69, 9.17) is 0 Å². The number of amides is 1. The molecule has 1 aromatic rings. The van der Waals surface area contributed by atoms with E-state index in [9.17, 15) is 21.6 Å². The van der Waals surface area contributed by atoms with Crippen LogP contribution in [-0.4, -0.2) is 52.4 Å². The molecule has 2 N–H and O–H groups in total. The summed E-state index contributed by atoms with van der Waals surface area (Å²) in [6, 6.07) is 5.70. The number of nitrogens with one attached hydrogen (secondary N) is 2. The van der Waals surface area contributed by atoms with Crippen LogP contribution in [0.15, 0.2) is 36.9 Å². The van der Waals surface area contributed by atoms with Gasteiger partial charge in [0.05, 0.1) is 12.0 Å². The third-order valence-electron chi connectivity index (χ3n) is 4.21. The molecule has 1 atom stereocenters. The Morgan fingerprint density at radius 2 is 1.89 bits per heavy atom. The second kappa shape index (κ2) is 8.96. The van der Waals surface area contributed by atoms with Gasteiger partial charge in [-0.05, 0) is 30.5 Å². The number of nitrogens with zero attached hydrogens (tertiary/aromatic N) is 1. The number of carbonyl (C=O) groups is 1. The summed E-state index contributed by atoms with van der Waals surface area (Å²) in [6.45, 7) is 3.96. The Labute approximate surface area is 160 Å². The van der Waals surface area contributed by atoms with Gasteiger partial charge < -0.3 is 5.32 Å². The highest BCUT2D eigenvalue weighted by Crippen LogP contribution is 2.21. The smallest absolute Gasteiger partial charge is 0.242 e. The first-order valence-electron chi connectivity index (χ1n) is 8.57. The number of hydrogen-bond acceptors (Lipinski definition) is 5. The van der Waals surface area contributed by atoms with Crippen LogP contribution in [0.3, 0.4) is 0 Å². The molecular formula is C17H25N3O5S2. The van der Waals surface area contributed by atoms with Crippen LogP contribution in [0.4, 0.5) is 5.69 Å². The summed E-state index contributed by atoms with van der Waals surface area (Å²) in [5.74, 6) is -0.562. The fraction of sp³-hybridized carbons (Fsp3) is 0.471. The maximum Gasteiger partial charge on any atom is 0.242 e. The van der Waals surface area contributed by atoms with Crippen LogP contribution in [0.25, 0.3) is 0 Å². The van der Waals surface area contributed by atoms with Crippen molar-refractivity contribution >= 4 is 31.6 Å². The summed E-state index contributed by atoms with van der Waals surface area (Å²) in [6.07, 6.45) is 4.57. The van der Waals surface area contributed by atoms with Gasteiger partial charge in [-0.25, -0.2) is 21.6 Å². The quantitative estimate of drug-likeness (QED) is 0.616. The summed E-state index contributed by atoms with van der Waals surface area (Å²) in [5.41, 5.74) is 1.05. The van der Waals surface area contributed by atoms with E-state index in [2.05, 4.69) is 16.6 Å². The molecule has 1 amide bonds. The molecule has 1 aliphatic rings. The van der Waals surface area contributed by atoms with Gasteiger partial charge in [-0.1, -0.05) is 24.6 Å². The van der Waals surface area contributed by atoms with Gasteiger partial charge in [0.2, 0.25) is 26.0 Å². The molecule has 10 heteroatoms. The van der Waals surface area contributed by atoms with E-state index in [0.29, 0.717) is 24.2 Å². The van der Waals surface area contributed by atoms with Gasteiger partial charge in [-0.3, -0.25) is 4.79 Å². The molecule has 8 nitrogen and oxygen atoms in total. The van der Waals surface area contributed by atoms with E-state index in [-0.39, 0.29) is 18.2 Å². The Kier molecular flexibility index (Phi) is 7.15. The molecule has 0 bridgehead atoms. The van der Waals surface area contributed by atoms with E-state index < -0.39 is 26.1 Å². The van der Waals surface area contributed by atoms with E-state index in [1.54, 1.807) is 24.3 Å². The van der Waals surface area contributed by atoms with Crippen LogP contribution in [0.5, 0.6) is 0 Å². The zero-order valence-corrected chi connectivity index (χ0v) is 16.9. The minimum Gasteiger partial charge on any atom is -0.325 e. The fourth-order valence-corrected chi connectivity index (χ4v) is 5.16. The van der Waals surface area contributed by atoms with Gasteiger partial charge in [0.15, 0.2) is 0 Å². The number of carbonyl (C=O) groups excluding carboxylic acids is 1. The van der Waals surface area contributed by atoms with Crippen LogP contribution in [-0.2, 0) is 30.6 Å². The minimum absolute atomic E-state index is 0.161. The van der Waals surface area contributed by atoms with E-state index >= 15 is 0 Å². The van der Waals surface area contributed by atoms with Crippen molar-refractivity contribution in [2.24, 2.45) is 0 Å². The van der Waals surface area contributed by atoms with Crippen LogP contribution in [0, 0.1) is 0 Å². The van der Waals surface area contributed by atoms with Crippen LogP contribution in [0.1, 0.15) is 24.8 Å². The molecule has 0 saturated carbocycles. The zero-order valence-electron chi connectivity index (χ0n) is 15.2. The lowest BCUT2D eigenvalue weighted by Gasteiger charge is -2.32. The number of rotatable bonds is 8. The summed E-state index contributed by atoms with van der Waals surface area (Å²) < 4.78 is 51.1. The van der Waals surface area contributed by atoms with Gasteiger partial charge in [-0.2, -0.15) is 4.31 Å². The van der Waals surface area contributed by atoms with Crippen molar-refractivity contribution in [3.05, 3.63) is 42.5 Å². The SMILES string of the molecule is C=CCNS(=O)(=O)Cc1ccc(NC(=O)C2CCCCN2S(C)(=O)=O)cc1. The average molecular weight is 416 g/mol. The van der Waals surface area contributed by atoms with Gasteiger partial charge in [0.25, 0.3) is 0 Å². The monoisotopic (exact) mass is 415 g/mol. The molecular weight excluding hydrogens is 390 g/mol. The molecule has 1 fully saturated rings. The normalized spacial score (nSPS) is 18.8. The Balaban J connectivity index is 2.03. The molecule has 0 aliphatic carbocycles. The van der Waals surface area contributed by atoms with Crippen LogP contribution in [0.2, 0.25) is 0 Å². The Hall–Kier alpha value is -1.75. The van der Waals surface area contributed by atoms with Gasteiger partial charge >= 0.3 is 0 Å². The van der Waals surface area contributed by atoms with Gasteiger partial charge in [0, 0.05) is 18.8 Å². The Morgan fingerprint density at radius 3 is 2.48 bits per heavy atom. The van der Waals surface area contributed by atoms with Crippen molar-refractivity contribution in [1.82, 2.24) is 9.03 Å². The predicted molar refractivity (Wildman–Crippen MR) is 105 cm³/mol. The maximum absolute atomic E-state index is 12.5. The van der Waals surface area contributed by atoms with Crippen molar-refractivity contribution in [3.8, 4) is 0 Å². The molecule has 1 heterocycles. The second-order valence-electron chi connectivity index (χ2n) is 6.47. The topological polar surface area (TPSA) is 113 Å². The summed E-state index contributed by atoms with van der Waals surface area (Å²) >= 11 is 0. The molecule has 1 saturated heterocycles. The first-order valence-corrected chi connectivity index (χ1v) is 12.1. The molecule has 0 aromatic heterocycles. The van der Waals surface area contributed by atoms with Crippen molar-refractivity contribution < 1.29 is 21.6 Å². The zero-order chi connectivity index (χ0) is 20.1. The number of benzene rings is 1. The molecule has 27 heavy (non-hydrogen) atoms. The molecule has 1 aromatic carbocycles. The van der Waals surface area contributed by atoms with Crippen molar-refractivity contribution in [3.63, 3.8) is 0 Å². The number of hydrogen-bond donors (Lipinski definition) is 2. The van der Waals surface area contributed by atoms with Crippen molar-refractivity contribution in [2.75, 3.05) is 24.7 Å². The highest BCUT2D eigenvalue weighted by atomic mass is 32.2. The van der Waals surface area contributed by atoms with Crippen LogP contribution >= 0.6 is 0 Å². The van der Waals surface area contributed by atoms with E-state index in [0.717, 1.165) is 19.1 Å². The van der Waals surface area contributed by atoms with Gasteiger partial charge in [0.1, 0.15) is 6.04 Å². The van der Waals surface area contributed by atoms with Crippen molar-refractivity contribution in [1.29, 1.82) is 0 Å². The highest BCUT2D eigenvalue weighted by molar-refractivity contribution is 7.88. The summed E-state index contributed by atoms with van der Waals surface area (Å²) in [7, 11) is -6.91. The summed E-state index contributed by atoms with van der Waals surface area (Å²) in [5, 5.41) is 2.71. The van der Waals surface area contributed by atoms with E-state index in [1.165, 1.54) is 10.4 Å². The molecule has 150 valence electrons. The lowest BCUT2D eigenvalue weighted by Crippen LogP contribution is -2.49. The van der Waals surface area contributed by atoms with Crippen molar-refractivity contribution in [2.45, 2.75) is 31.1 Å². The predicted octanol–water partition coefficient (Wildman–Crippen LogP) is 1.04. The molecule has 1 unspecified atom stereocenters. The lowest BCUT2D eigenvalue weighted by atomic mass is 10.0. The molecule has 1 aliphatic heterocycles. The Bertz CT molecular complexity index is 880. The lowest BCUT2D eigenvalue weighted by molar-refractivity contribution is -0.120. The van der Waals surface area contributed by atoms with Crippen LogP contribution < -0.4 is 10.0 Å². The van der Waals surface area contributed by atoms with E-state index in [1.807, 2.05) is 0 Å². The molecule has 0 radical (unpaired) electrons. The second-order valence-corrected chi connectivity index (χ2v) is 10.2. The first kappa shape index (κ1) is 21.5. The third-order valence-corrected chi connectivity index (χ3v) is 6.82. The van der Waals surface area contributed by atoms with Gasteiger partial charge in [-0.15, -0.1) is 6.58 Å². The maximum atomic E-state index is 12.5. The first-order chi connectivity index (χ1) is 12.6. The number of piperidine rings is 1. The largest absolute Gasteiger partial charge is 0.325 e. The standard InChI is InChI=1S/C17H25N3O5S2/c1-3-11-18-27(24,25)13-14-7-9-15(10-8-14)19-17(21)16-6-4-5-12-20(16)26(2,22)23/h3,7-10,16,18H,1,4-6,11-13H2,2H3,(H,19,21). The highest BCUT2D eigenvalue weighted by Gasteiger charge is 2.34. The minimum atomic E-state index is -3.46.